The molecule has 0 unspecified atom stereocenters. The normalized spacial score (nSPS) is 11.3. The predicted molar refractivity (Wildman–Crippen MR) is 50.3 cm³/mol. The summed E-state index contributed by atoms with van der Waals surface area (Å²) < 4.78 is 0. The van der Waals surface area contributed by atoms with Crippen LogP contribution in [0.15, 0.2) is 12.4 Å². The second kappa shape index (κ2) is 3.64. The zero-order valence-electron chi connectivity index (χ0n) is 8.24. The Bertz CT molecular complexity index is 290. The first-order chi connectivity index (χ1) is 6.03. The molecule has 0 radical (unpaired) electrons. The molecule has 0 saturated carbocycles. The van der Waals surface area contributed by atoms with Gasteiger partial charge in [-0.3, -0.25) is 0 Å². The predicted octanol–water partition coefficient (Wildman–Crippen LogP) is 1.55. The molecule has 0 bridgehead atoms. The van der Waals surface area contributed by atoms with E-state index >= 15 is 0 Å². The van der Waals surface area contributed by atoms with E-state index in [1.54, 1.807) is 12.4 Å². The molecule has 0 saturated heterocycles. The number of carbonyl (C=O) groups excluding carboxylic acids is 1. The van der Waals surface area contributed by atoms with Crippen LogP contribution in [0.25, 0.3) is 0 Å². The maximum Gasteiger partial charge on any atom is 0.129 e. The Morgan fingerprint density at radius 1 is 1.38 bits per heavy atom. The van der Waals surface area contributed by atoms with Crippen molar-refractivity contribution in [1.82, 2.24) is 9.97 Å². The van der Waals surface area contributed by atoms with Crippen LogP contribution in [0.4, 0.5) is 0 Å². The van der Waals surface area contributed by atoms with Crippen molar-refractivity contribution in [2.75, 3.05) is 0 Å². The van der Waals surface area contributed by atoms with E-state index in [2.05, 4.69) is 9.97 Å². The summed E-state index contributed by atoms with van der Waals surface area (Å²) in [7, 11) is 0. The number of aryl methyl sites for hydroxylation is 1. The highest BCUT2D eigenvalue weighted by Crippen LogP contribution is 2.15. The largest absolute Gasteiger partial charge is 0.303 e. The Labute approximate surface area is 78.2 Å². The first-order valence-electron chi connectivity index (χ1n) is 4.27. The summed E-state index contributed by atoms with van der Waals surface area (Å²) in [6, 6.07) is 0. The fourth-order valence-electron chi connectivity index (χ4n) is 0.960. The molecular formula is C10H14N2O. The number of nitrogens with zero attached hydrogens (tertiary/aromatic N) is 2. The van der Waals surface area contributed by atoms with Gasteiger partial charge < -0.3 is 4.79 Å². The molecular weight excluding hydrogens is 164 g/mol. The van der Waals surface area contributed by atoms with Crippen molar-refractivity contribution in [1.29, 1.82) is 0 Å². The summed E-state index contributed by atoms with van der Waals surface area (Å²) in [6.07, 6.45) is 5.07. The molecule has 70 valence electrons. The minimum absolute atomic E-state index is 0.366. The molecule has 0 amide bonds. The average molecular weight is 178 g/mol. The van der Waals surface area contributed by atoms with Crippen LogP contribution >= 0.6 is 0 Å². The van der Waals surface area contributed by atoms with Crippen LogP contribution < -0.4 is 0 Å². The molecule has 0 N–H and O–H groups in total. The van der Waals surface area contributed by atoms with E-state index in [1.807, 2.05) is 20.8 Å². The molecule has 0 aliphatic carbocycles. The lowest BCUT2D eigenvalue weighted by molar-refractivity contribution is -0.114. The topological polar surface area (TPSA) is 42.9 Å². The van der Waals surface area contributed by atoms with Gasteiger partial charge in [-0.05, 0) is 12.5 Å². The lowest BCUT2D eigenvalue weighted by atomic mass is 9.91. The van der Waals surface area contributed by atoms with E-state index in [4.69, 9.17) is 0 Å². The molecule has 0 spiro atoms. The van der Waals surface area contributed by atoms with Crippen LogP contribution in [0.1, 0.15) is 25.2 Å². The minimum Gasteiger partial charge on any atom is -0.303 e. The van der Waals surface area contributed by atoms with Crippen molar-refractivity contribution in [3.63, 3.8) is 0 Å². The summed E-state index contributed by atoms with van der Waals surface area (Å²) in [5, 5.41) is 0. The van der Waals surface area contributed by atoms with Crippen molar-refractivity contribution >= 4 is 6.29 Å². The molecule has 3 heteroatoms. The van der Waals surface area contributed by atoms with Crippen LogP contribution in [0.2, 0.25) is 0 Å². The Morgan fingerprint density at radius 2 is 1.92 bits per heavy atom. The van der Waals surface area contributed by atoms with Gasteiger partial charge in [0.25, 0.3) is 0 Å². The third-order valence-corrected chi connectivity index (χ3v) is 1.77. The molecule has 0 aliphatic rings. The highest BCUT2D eigenvalue weighted by molar-refractivity contribution is 5.58. The van der Waals surface area contributed by atoms with Gasteiger partial charge in [-0.1, -0.05) is 13.8 Å². The van der Waals surface area contributed by atoms with Gasteiger partial charge in [0.15, 0.2) is 0 Å². The number of rotatable bonds is 3. The average Bonchev–Trinajstić information content (AvgIpc) is 2.09. The highest BCUT2D eigenvalue weighted by Gasteiger charge is 2.18. The van der Waals surface area contributed by atoms with Crippen LogP contribution in [0, 0.1) is 12.3 Å². The first kappa shape index (κ1) is 9.84. The van der Waals surface area contributed by atoms with Crippen LogP contribution in [0.3, 0.4) is 0 Å². The van der Waals surface area contributed by atoms with Gasteiger partial charge in [0, 0.05) is 24.2 Å². The zero-order valence-corrected chi connectivity index (χ0v) is 8.24. The molecule has 1 rings (SSSR count). The van der Waals surface area contributed by atoms with Gasteiger partial charge in [0.05, 0.1) is 0 Å². The van der Waals surface area contributed by atoms with E-state index in [-0.39, 0.29) is 5.41 Å². The molecule has 13 heavy (non-hydrogen) atoms. The van der Waals surface area contributed by atoms with E-state index in [0.29, 0.717) is 6.42 Å². The first-order valence-corrected chi connectivity index (χ1v) is 4.27. The summed E-state index contributed by atoms with van der Waals surface area (Å²) >= 11 is 0. The minimum atomic E-state index is -0.366. The maximum absolute atomic E-state index is 10.6. The number of aromatic nitrogens is 2. The Morgan fingerprint density at radius 3 is 2.38 bits per heavy atom. The van der Waals surface area contributed by atoms with Crippen molar-refractivity contribution in [2.24, 2.45) is 5.41 Å². The smallest absolute Gasteiger partial charge is 0.129 e. The highest BCUT2D eigenvalue weighted by atomic mass is 16.1. The van der Waals surface area contributed by atoms with Crippen molar-refractivity contribution < 1.29 is 4.79 Å². The number of hydrogen-bond donors (Lipinski definition) is 0. The fraction of sp³-hybridized carbons (Fsp3) is 0.500. The monoisotopic (exact) mass is 178 g/mol. The van der Waals surface area contributed by atoms with E-state index in [0.717, 1.165) is 17.7 Å². The van der Waals surface area contributed by atoms with Crippen molar-refractivity contribution in [2.45, 2.75) is 27.2 Å². The lowest BCUT2D eigenvalue weighted by Crippen LogP contribution is -2.18. The van der Waals surface area contributed by atoms with Gasteiger partial charge in [-0.2, -0.15) is 0 Å². The third kappa shape index (κ3) is 2.93. The molecule has 1 aromatic heterocycles. The summed E-state index contributed by atoms with van der Waals surface area (Å²) in [6.45, 7) is 5.70. The van der Waals surface area contributed by atoms with Gasteiger partial charge in [0.1, 0.15) is 12.1 Å². The van der Waals surface area contributed by atoms with Crippen LogP contribution in [-0.4, -0.2) is 16.3 Å². The van der Waals surface area contributed by atoms with E-state index in [1.165, 1.54) is 0 Å². The van der Waals surface area contributed by atoms with Crippen LogP contribution in [-0.2, 0) is 11.2 Å². The standard InChI is InChI=1S/C10H14N2O/c1-8-5-11-9(12-6-8)4-10(2,3)7-13/h5-7H,4H2,1-3H3. The van der Waals surface area contributed by atoms with Crippen LogP contribution in [0.5, 0.6) is 0 Å². The second-order valence-corrected chi connectivity index (χ2v) is 3.96. The number of hydrogen-bond acceptors (Lipinski definition) is 3. The Balaban J connectivity index is 2.75. The van der Waals surface area contributed by atoms with E-state index < -0.39 is 0 Å². The molecule has 0 fully saturated rings. The second-order valence-electron chi connectivity index (χ2n) is 3.96. The summed E-state index contributed by atoms with van der Waals surface area (Å²) in [5.74, 6) is 0.725. The molecule has 1 heterocycles. The molecule has 0 aliphatic heterocycles. The quantitative estimate of drug-likeness (QED) is 0.659. The Kier molecular flexibility index (Phi) is 2.76. The van der Waals surface area contributed by atoms with Gasteiger partial charge in [-0.15, -0.1) is 0 Å². The van der Waals surface area contributed by atoms with Gasteiger partial charge in [0.2, 0.25) is 0 Å². The summed E-state index contributed by atoms with van der Waals surface area (Å²) in [4.78, 5) is 18.9. The zero-order chi connectivity index (χ0) is 9.90. The fourth-order valence-corrected chi connectivity index (χ4v) is 0.960. The van der Waals surface area contributed by atoms with Gasteiger partial charge in [-0.25, -0.2) is 9.97 Å². The lowest BCUT2D eigenvalue weighted by Gasteiger charge is -2.14. The maximum atomic E-state index is 10.6. The number of aldehydes is 1. The van der Waals surface area contributed by atoms with E-state index in [9.17, 15) is 4.79 Å². The number of carbonyl (C=O) groups is 1. The molecule has 1 aromatic rings. The van der Waals surface area contributed by atoms with Gasteiger partial charge >= 0.3 is 0 Å². The summed E-state index contributed by atoms with van der Waals surface area (Å²) in [5.41, 5.74) is 0.669. The molecule has 0 aromatic carbocycles. The third-order valence-electron chi connectivity index (χ3n) is 1.77. The SMILES string of the molecule is Cc1cnc(CC(C)(C)C=O)nc1. The van der Waals surface area contributed by atoms with Crippen molar-refractivity contribution in [3.8, 4) is 0 Å². The Hall–Kier alpha value is -1.25. The molecule has 0 atom stereocenters. The van der Waals surface area contributed by atoms with Crippen molar-refractivity contribution in [3.05, 3.63) is 23.8 Å². The molecule has 3 nitrogen and oxygen atoms in total.